The van der Waals surface area contributed by atoms with Crippen molar-refractivity contribution in [3.8, 4) is 23.0 Å². The van der Waals surface area contributed by atoms with Crippen LogP contribution >= 0.6 is 0 Å². The van der Waals surface area contributed by atoms with Crippen molar-refractivity contribution in [2.24, 2.45) is 5.10 Å². The highest BCUT2D eigenvalue weighted by Gasteiger charge is 2.27. The molecule has 0 aromatic heterocycles. The maximum Gasteiger partial charge on any atom is 0.284 e. The van der Waals surface area contributed by atoms with E-state index in [1.807, 2.05) is 36.4 Å². The lowest BCUT2D eigenvalue weighted by Crippen LogP contribution is -2.42. The number of hydrogen-bond acceptors (Lipinski definition) is 6. The number of nitrogens with one attached hydrogen (secondary N) is 1. The van der Waals surface area contributed by atoms with E-state index in [4.69, 9.17) is 14.2 Å². The maximum atomic E-state index is 12.3. The Bertz CT molecular complexity index is 1060. The largest absolute Gasteiger partial charge is 0.507 e. The van der Waals surface area contributed by atoms with Crippen molar-refractivity contribution in [2.75, 3.05) is 13.7 Å². The molecular formula is C21H18N2O5. The number of carbonyl (C=O) groups is 1. The predicted molar refractivity (Wildman–Crippen MR) is 104 cm³/mol. The third kappa shape index (κ3) is 3.55. The molecule has 1 amide bonds. The molecule has 0 fully saturated rings. The molecule has 1 heterocycles. The Hall–Kier alpha value is -3.74. The fourth-order valence-corrected chi connectivity index (χ4v) is 2.88. The number of nitrogens with zero attached hydrogens (tertiary/aromatic N) is 1. The van der Waals surface area contributed by atoms with Crippen LogP contribution in [0.2, 0.25) is 0 Å². The number of hydrogen-bond donors (Lipinski definition) is 2. The van der Waals surface area contributed by atoms with Crippen LogP contribution in [0.4, 0.5) is 0 Å². The molecular weight excluding hydrogens is 360 g/mol. The maximum absolute atomic E-state index is 12.3. The number of carbonyl (C=O) groups excluding carboxylic acids is 1. The minimum atomic E-state index is -0.824. The minimum absolute atomic E-state index is 0.00426. The zero-order valence-electron chi connectivity index (χ0n) is 15.1. The zero-order valence-corrected chi connectivity index (χ0v) is 15.1. The highest BCUT2D eigenvalue weighted by atomic mass is 16.6. The number of methoxy groups -OCH3 is 1. The number of benzene rings is 3. The van der Waals surface area contributed by atoms with Gasteiger partial charge in [0.2, 0.25) is 6.10 Å². The Balaban J connectivity index is 1.43. The van der Waals surface area contributed by atoms with Gasteiger partial charge in [-0.15, -0.1) is 0 Å². The van der Waals surface area contributed by atoms with E-state index in [0.29, 0.717) is 22.8 Å². The third-order valence-corrected chi connectivity index (χ3v) is 4.38. The van der Waals surface area contributed by atoms with Crippen molar-refractivity contribution in [2.45, 2.75) is 6.10 Å². The van der Waals surface area contributed by atoms with Gasteiger partial charge in [-0.05, 0) is 35.0 Å². The first-order valence-corrected chi connectivity index (χ1v) is 8.66. The molecule has 1 unspecified atom stereocenters. The van der Waals surface area contributed by atoms with Crippen molar-refractivity contribution in [3.05, 3.63) is 60.2 Å². The quantitative estimate of drug-likeness (QED) is 0.538. The summed E-state index contributed by atoms with van der Waals surface area (Å²) in [4.78, 5) is 12.3. The third-order valence-electron chi connectivity index (χ3n) is 4.38. The highest BCUT2D eigenvalue weighted by Crippen LogP contribution is 2.35. The molecule has 4 rings (SSSR count). The molecule has 7 nitrogen and oxygen atoms in total. The van der Waals surface area contributed by atoms with E-state index in [-0.39, 0.29) is 12.4 Å². The van der Waals surface area contributed by atoms with Crippen LogP contribution in [-0.4, -0.2) is 37.0 Å². The van der Waals surface area contributed by atoms with Crippen LogP contribution in [0, 0.1) is 0 Å². The second kappa shape index (κ2) is 7.48. The number of amides is 1. The molecule has 0 saturated carbocycles. The number of phenols is 1. The van der Waals surface area contributed by atoms with Crippen LogP contribution in [0.3, 0.4) is 0 Å². The second-order valence-corrected chi connectivity index (χ2v) is 6.22. The number of phenolic OH excluding ortho intramolecular Hbond substituents is 1. The molecule has 1 aliphatic heterocycles. The number of hydrazone groups is 1. The average molecular weight is 378 g/mol. The van der Waals surface area contributed by atoms with Crippen LogP contribution in [0.5, 0.6) is 23.0 Å². The minimum Gasteiger partial charge on any atom is -0.507 e. The van der Waals surface area contributed by atoms with Crippen LogP contribution in [-0.2, 0) is 4.79 Å². The van der Waals surface area contributed by atoms with Gasteiger partial charge in [0.1, 0.15) is 18.1 Å². The lowest BCUT2D eigenvalue weighted by molar-refractivity contribution is -0.130. The molecule has 7 heteroatoms. The van der Waals surface area contributed by atoms with E-state index >= 15 is 0 Å². The van der Waals surface area contributed by atoms with Gasteiger partial charge < -0.3 is 19.3 Å². The first kappa shape index (κ1) is 17.7. The van der Waals surface area contributed by atoms with Gasteiger partial charge in [-0.25, -0.2) is 5.43 Å². The smallest absolute Gasteiger partial charge is 0.284 e. The van der Waals surface area contributed by atoms with Crippen LogP contribution in [0.15, 0.2) is 59.7 Å². The Morgan fingerprint density at radius 2 is 1.93 bits per heavy atom. The summed E-state index contributed by atoms with van der Waals surface area (Å²) in [5, 5.41) is 15.8. The number of ether oxygens (including phenoxy) is 3. The highest BCUT2D eigenvalue weighted by molar-refractivity contribution is 5.88. The van der Waals surface area contributed by atoms with Crippen LogP contribution in [0.25, 0.3) is 10.8 Å². The molecule has 2 N–H and O–H groups in total. The lowest BCUT2D eigenvalue weighted by Gasteiger charge is -2.25. The number of rotatable bonds is 4. The first-order chi connectivity index (χ1) is 13.6. The zero-order chi connectivity index (χ0) is 19.5. The summed E-state index contributed by atoms with van der Waals surface area (Å²) in [5.41, 5.74) is 2.85. The van der Waals surface area contributed by atoms with Gasteiger partial charge in [-0.1, -0.05) is 24.3 Å². The van der Waals surface area contributed by atoms with Crippen molar-refractivity contribution >= 4 is 22.9 Å². The normalized spacial score (nSPS) is 15.5. The molecule has 3 aromatic carbocycles. The molecule has 28 heavy (non-hydrogen) atoms. The summed E-state index contributed by atoms with van der Waals surface area (Å²) in [6, 6.07) is 16.4. The summed E-state index contributed by atoms with van der Waals surface area (Å²) >= 11 is 0. The van der Waals surface area contributed by atoms with E-state index in [9.17, 15) is 9.90 Å². The van der Waals surface area contributed by atoms with Gasteiger partial charge in [0.25, 0.3) is 5.91 Å². The Morgan fingerprint density at radius 1 is 1.18 bits per heavy atom. The average Bonchev–Trinajstić information content (AvgIpc) is 2.72. The van der Waals surface area contributed by atoms with Crippen LogP contribution < -0.4 is 19.6 Å². The van der Waals surface area contributed by atoms with E-state index in [0.717, 1.165) is 10.8 Å². The van der Waals surface area contributed by atoms with Crippen molar-refractivity contribution in [1.29, 1.82) is 0 Å². The number of aromatic hydroxyl groups is 1. The Labute approximate surface area is 161 Å². The molecule has 3 aromatic rings. The van der Waals surface area contributed by atoms with E-state index in [2.05, 4.69) is 10.5 Å². The van der Waals surface area contributed by atoms with Gasteiger partial charge >= 0.3 is 0 Å². The van der Waals surface area contributed by atoms with Crippen molar-refractivity contribution in [1.82, 2.24) is 5.43 Å². The van der Waals surface area contributed by atoms with Gasteiger partial charge in [0, 0.05) is 11.6 Å². The number of fused-ring (bicyclic) bond motifs is 2. The molecule has 0 saturated heterocycles. The molecule has 0 spiro atoms. The lowest BCUT2D eigenvalue weighted by atomic mass is 10.1. The Kier molecular flexibility index (Phi) is 4.72. The van der Waals surface area contributed by atoms with E-state index in [1.165, 1.54) is 19.4 Å². The van der Waals surface area contributed by atoms with Gasteiger partial charge in [-0.2, -0.15) is 5.10 Å². The van der Waals surface area contributed by atoms with Gasteiger partial charge in [0.05, 0.1) is 13.3 Å². The fourth-order valence-electron chi connectivity index (χ4n) is 2.88. The van der Waals surface area contributed by atoms with Gasteiger partial charge in [-0.3, -0.25) is 4.79 Å². The SMILES string of the molecule is COc1ccc(C=NNC(=O)C2COc3cc4ccccc4cc3O2)c(O)c1. The van der Waals surface area contributed by atoms with Gasteiger partial charge in [0.15, 0.2) is 11.5 Å². The second-order valence-electron chi connectivity index (χ2n) is 6.22. The summed E-state index contributed by atoms with van der Waals surface area (Å²) in [7, 11) is 1.51. The molecule has 0 bridgehead atoms. The first-order valence-electron chi connectivity index (χ1n) is 8.66. The van der Waals surface area contributed by atoms with Crippen LogP contribution in [0.1, 0.15) is 5.56 Å². The fraction of sp³-hybridized carbons (Fsp3) is 0.143. The van der Waals surface area contributed by atoms with E-state index in [1.54, 1.807) is 12.1 Å². The monoisotopic (exact) mass is 378 g/mol. The summed E-state index contributed by atoms with van der Waals surface area (Å²) in [6.45, 7) is 0.0838. The van der Waals surface area contributed by atoms with Crippen molar-refractivity contribution in [3.63, 3.8) is 0 Å². The molecule has 0 aliphatic carbocycles. The topological polar surface area (TPSA) is 89.4 Å². The van der Waals surface area contributed by atoms with E-state index < -0.39 is 12.0 Å². The molecule has 1 atom stereocenters. The van der Waals surface area contributed by atoms with Crippen molar-refractivity contribution < 1.29 is 24.1 Å². The summed E-state index contributed by atoms with van der Waals surface area (Å²) in [5.74, 6) is 1.20. The standard InChI is InChI=1S/C21H18N2O5/c1-26-16-7-6-15(17(24)10-16)11-22-23-21(25)20-12-27-18-8-13-4-2-3-5-14(13)9-19(18)28-20/h2-11,20,24H,12H2,1H3,(H,23,25). The summed E-state index contributed by atoms with van der Waals surface area (Å²) in [6.07, 6.45) is 0.521. The molecule has 142 valence electrons. The molecule has 0 radical (unpaired) electrons. The summed E-state index contributed by atoms with van der Waals surface area (Å²) < 4.78 is 16.5. The molecule has 1 aliphatic rings. The predicted octanol–water partition coefficient (Wildman–Crippen LogP) is 2.84. The Morgan fingerprint density at radius 3 is 2.64 bits per heavy atom.